The van der Waals surface area contributed by atoms with Gasteiger partial charge in [-0.15, -0.1) is 0 Å². The van der Waals surface area contributed by atoms with Gasteiger partial charge in [0.2, 0.25) is 0 Å². The Hall–Kier alpha value is -2.47. The number of nitrogens with one attached hydrogen (secondary N) is 1. The number of aromatic amines is 1. The van der Waals surface area contributed by atoms with Crippen LogP contribution in [0, 0.1) is 5.82 Å². The van der Waals surface area contributed by atoms with E-state index < -0.39 is 11.9 Å². The maximum atomic E-state index is 13.4. The highest BCUT2D eigenvalue weighted by atomic mass is 19.1. The number of rotatable bonds is 3. The highest BCUT2D eigenvalue weighted by Gasteiger charge is 2.19. The van der Waals surface area contributed by atoms with Gasteiger partial charge in [0.15, 0.2) is 6.39 Å². The average molecular weight is 259 g/mol. The van der Waals surface area contributed by atoms with Gasteiger partial charge < -0.3 is 14.5 Å². The fraction of sp³-hybridized carbons (Fsp3) is 0.0769. The van der Waals surface area contributed by atoms with Crippen LogP contribution >= 0.6 is 0 Å². The van der Waals surface area contributed by atoms with Crippen molar-refractivity contribution < 1.29 is 13.9 Å². The van der Waals surface area contributed by atoms with Crippen LogP contribution in [0.3, 0.4) is 0 Å². The highest BCUT2D eigenvalue weighted by Crippen LogP contribution is 2.30. The smallest absolute Gasteiger partial charge is 0.181 e. The van der Waals surface area contributed by atoms with Crippen LogP contribution < -0.4 is 0 Å². The number of hydrogen-bond acceptors (Lipinski definition) is 4. The molecule has 6 heteroatoms. The minimum absolute atomic E-state index is 0.386. The SMILES string of the molecule is OC(c1ncc[nH]1)c1ccc(F)cc1-c1cocn1. The van der Waals surface area contributed by atoms with Crippen molar-refractivity contribution in [2.24, 2.45) is 0 Å². The topological polar surface area (TPSA) is 74.9 Å². The van der Waals surface area contributed by atoms with Crippen LogP contribution in [0.4, 0.5) is 4.39 Å². The third-order valence-corrected chi connectivity index (χ3v) is 2.80. The van der Waals surface area contributed by atoms with Crippen molar-refractivity contribution in [3.8, 4) is 11.3 Å². The van der Waals surface area contributed by atoms with Crippen LogP contribution in [0.1, 0.15) is 17.5 Å². The van der Waals surface area contributed by atoms with E-state index in [0.717, 1.165) is 0 Å². The summed E-state index contributed by atoms with van der Waals surface area (Å²) in [6, 6.07) is 4.09. The van der Waals surface area contributed by atoms with Gasteiger partial charge in [-0.2, -0.15) is 0 Å². The van der Waals surface area contributed by atoms with E-state index in [2.05, 4.69) is 15.0 Å². The second-order valence-corrected chi connectivity index (χ2v) is 3.98. The van der Waals surface area contributed by atoms with E-state index in [1.54, 1.807) is 6.20 Å². The van der Waals surface area contributed by atoms with Crippen LogP contribution in [0.2, 0.25) is 0 Å². The van der Waals surface area contributed by atoms with Crippen molar-refractivity contribution in [1.29, 1.82) is 0 Å². The molecule has 3 aromatic rings. The summed E-state index contributed by atoms with van der Waals surface area (Å²) in [7, 11) is 0. The summed E-state index contributed by atoms with van der Waals surface area (Å²) in [5.41, 5.74) is 1.43. The average Bonchev–Trinajstić information content (AvgIpc) is 3.11. The number of hydrogen-bond donors (Lipinski definition) is 2. The van der Waals surface area contributed by atoms with Gasteiger partial charge in [0.1, 0.15) is 29.7 Å². The maximum Gasteiger partial charge on any atom is 0.181 e. The summed E-state index contributed by atoms with van der Waals surface area (Å²) in [5, 5.41) is 10.3. The summed E-state index contributed by atoms with van der Waals surface area (Å²) in [6.45, 7) is 0. The van der Waals surface area contributed by atoms with Crippen LogP contribution in [-0.2, 0) is 0 Å². The first-order valence-electron chi connectivity index (χ1n) is 5.61. The molecule has 2 heterocycles. The predicted molar refractivity (Wildman–Crippen MR) is 64.5 cm³/mol. The molecule has 5 nitrogen and oxygen atoms in total. The van der Waals surface area contributed by atoms with E-state index in [-0.39, 0.29) is 0 Å². The van der Waals surface area contributed by atoms with Crippen molar-refractivity contribution in [2.45, 2.75) is 6.10 Å². The zero-order valence-corrected chi connectivity index (χ0v) is 9.75. The third-order valence-electron chi connectivity index (χ3n) is 2.80. The van der Waals surface area contributed by atoms with Gasteiger partial charge in [0.25, 0.3) is 0 Å². The lowest BCUT2D eigenvalue weighted by molar-refractivity contribution is 0.211. The van der Waals surface area contributed by atoms with Gasteiger partial charge in [-0.25, -0.2) is 14.4 Å². The van der Waals surface area contributed by atoms with E-state index in [9.17, 15) is 9.50 Å². The minimum atomic E-state index is -0.984. The monoisotopic (exact) mass is 259 g/mol. The zero-order valence-electron chi connectivity index (χ0n) is 9.75. The van der Waals surface area contributed by atoms with Gasteiger partial charge in [-0.3, -0.25) is 0 Å². The number of H-pyrrole nitrogens is 1. The molecule has 0 bridgehead atoms. The molecule has 0 aliphatic carbocycles. The molecule has 2 N–H and O–H groups in total. The maximum absolute atomic E-state index is 13.4. The Labute approximate surface area is 107 Å². The Morgan fingerprint density at radius 1 is 1.32 bits per heavy atom. The van der Waals surface area contributed by atoms with Crippen molar-refractivity contribution in [3.05, 3.63) is 60.5 Å². The first-order chi connectivity index (χ1) is 9.25. The first-order valence-corrected chi connectivity index (χ1v) is 5.61. The van der Waals surface area contributed by atoms with E-state index in [0.29, 0.717) is 22.6 Å². The molecule has 1 unspecified atom stereocenters. The van der Waals surface area contributed by atoms with E-state index in [1.165, 1.54) is 37.1 Å². The number of aromatic nitrogens is 3. The van der Waals surface area contributed by atoms with Crippen LogP contribution in [0.25, 0.3) is 11.3 Å². The van der Waals surface area contributed by atoms with Gasteiger partial charge in [0.05, 0.1) is 0 Å². The van der Waals surface area contributed by atoms with Crippen LogP contribution in [-0.4, -0.2) is 20.1 Å². The van der Waals surface area contributed by atoms with Crippen LogP contribution in [0.5, 0.6) is 0 Å². The van der Waals surface area contributed by atoms with Gasteiger partial charge >= 0.3 is 0 Å². The molecular weight excluding hydrogens is 249 g/mol. The van der Waals surface area contributed by atoms with Crippen molar-refractivity contribution >= 4 is 0 Å². The fourth-order valence-electron chi connectivity index (χ4n) is 1.91. The molecule has 0 amide bonds. The van der Waals surface area contributed by atoms with E-state index in [4.69, 9.17) is 4.42 Å². The number of imidazole rings is 1. The second kappa shape index (κ2) is 4.66. The highest BCUT2D eigenvalue weighted by molar-refractivity contribution is 5.63. The summed E-state index contributed by atoms with van der Waals surface area (Å²) < 4.78 is 18.3. The zero-order chi connectivity index (χ0) is 13.2. The number of halogens is 1. The van der Waals surface area contributed by atoms with E-state index in [1.807, 2.05) is 0 Å². The van der Waals surface area contributed by atoms with Gasteiger partial charge in [-0.1, -0.05) is 6.07 Å². The van der Waals surface area contributed by atoms with Crippen molar-refractivity contribution in [1.82, 2.24) is 15.0 Å². The second-order valence-electron chi connectivity index (χ2n) is 3.98. The first kappa shape index (κ1) is 11.6. The molecular formula is C13H10FN3O2. The number of aliphatic hydroxyl groups is 1. The Morgan fingerprint density at radius 3 is 2.89 bits per heavy atom. The largest absolute Gasteiger partial charge is 0.451 e. The molecule has 3 rings (SSSR count). The Morgan fingerprint density at radius 2 is 2.21 bits per heavy atom. The Balaban J connectivity index is 2.11. The van der Waals surface area contributed by atoms with Gasteiger partial charge in [0, 0.05) is 18.0 Å². The summed E-state index contributed by atoms with van der Waals surface area (Å²) >= 11 is 0. The quantitative estimate of drug-likeness (QED) is 0.756. The standard InChI is InChI=1S/C13H10FN3O2/c14-8-1-2-9(12(18)13-15-3-4-16-13)10(5-8)11-6-19-7-17-11/h1-7,12,18H,(H,15,16). The lowest BCUT2D eigenvalue weighted by atomic mass is 9.99. The molecule has 0 saturated heterocycles. The summed E-state index contributed by atoms with van der Waals surface area (Å²) in [6.07, 6.45) is 4.81. The van der Waals surface area contributed by atoms with E-state index >= 15 is 0 Å². The number of aliphatic hydroxyl groups excluding tert-OH is 1. The molecule has 0 radical (unpaired) electrons. The predicted octanol–water partition coefficient (Wildman–Crippen LogP) is 2.29. The Kier molecular flexibility index (Phi) is 2.85. The molecule has 0 fully saturated rings. The molecule has 0 spiro atoms. The molecule has 1 aromatic carbocycles. The van der Waals surface area contributed by atoms with Crippen molar-refractivity contribution in [2.75, 3.05) is 0 Å². The molecule has 1 atom stereocenters. The molecule has 0 aliphatic heterocycles. The number of nitrogens with zero attached hydrogens (tertiary/aromatic N) is 2. The third kappa shape index (κ3) is 2.13. The number of oxazole rings is 1. The molecule has 0 aliphatic rings. The molecule has 2 aromatic heterocycles. The van der Waals surface area contributed by atoms with Crippen molar-refractivity contribution in [3.63, 3.8) is 0 Å². The Bertz CT molecular complexity index is 665. The normalized spacial score (nSPS) is 12.5. The number of benzene rings is 1. The molecule has 19 heavy (non-hydrogen) atoms. The minimum Gasteiger partial charge on any atom is -0.451 e. The lowest BCUT2D eigenvalue weighted by Gasteiger charge is -2.12. The fourth-order valence-corrected chi connectivity index (χ4v) is 1.91. The lowest BCUT2D eigenvalue weighted by Crippen LogP contribution is -2.04. The molecule has 0 saturated carbocycles. The summed E-state index contributed by atoms with van der Waals surface area (Å²) in [5.74, 6) is -0.0234. The van der Waals surface area contributed by atoms with Crippen LogP contribution in [0.15, 0.2) is 47.7 Å². The summed E-state index contributed by atoms with van der Waals surface area (Å²) in [4.78, 5) is 10.8. The van der Waals surface area contributed by atoms with Gasteiger partial charge in [-0.05, 0) is 17.7 Å². The molecule has 96 valence electrons.